The number of nitrogens with two attached hydrogens (primary N) is 1. The first-order valence-electron chi connectivity index (χ1n) is 7.20. The van der Waals surface area contributed by atoms with E-state index >= 15 is 0 Å². The van der Waals surface area contributed by atoms with E-state index < -0.39 is 0 Å². The minimum absolute atomic E-state index is 0.498. The number of nitrogen functional groups attached to an aromatic ring is 1. The maximum absolute atomic E-state index is 6.04. The van der Waals surface area contributed by atoms with Gasteiger partial charge in [0.2, 0.25) is 0 Å². The van der Waals surface area contributed by atoms with Gasteiger partial charge >= 0.3 is 0 Å². The van der Waals surface area contributed by atoms with Crippen molar-refractivity contribution in [2.45, 2.75) is 6.42 Å². The van der Waals surface area contributed by atoms with Gasteiger partial charge in [-0.25, -0.2) is 9.97 Å². The van der Waals surface area contributed by atoms with E-state index in [1.165, 1.54) is 0 Å². The molecular weight excluding hydrogens is 264 g/mol. The summed E-state index contributed by atoms with van der Waals surface area (Å²) in [5.74, 6) is 1.29. The van der Waals surface area contributed by atoms with Gasteiger partial charge in [0, 0.05) is 37.6 Å². The highest BCUT2D eigenvalue weighted by molar-refractivity contribution is 5.65. The van der Waals surface area contributed by atoms with Crippen molar-refractivity contribution in [1.82, 2.24) is 19.9 Å². The number of rotatable bonds is 2. The minimum atomic E-state index is 0.498. The lowest BCUT2D eigenvalue weighted by molar-refractivity contribution is 0.360. The van der Waals surface area contributed by atoms with Gasteiger partial charge in [0.15, 0.2) is 11.6 Å². The molecule has 6 heteroatoms. The zero-order valence-electron chi connectivity index (χ0n) is 12.2. The van der Waals surface area contributed by atoms with Crippen LogP contribution < -0.4 is 10.6 Å². The normalized spacial score (nSPS) is 16.7. The molecule has 1 aliphatic heterocycles. The molecule has 3 heterocycles. The fraction of sp³-hybridized carbons (Fsp3) is 0.400. The molecule has 0 atom stereocenters. The van der Waals surface area contributed by atoms with E-state index in [9.17, 15) is 0 Å². The van der Waals surface area contributed by atoms with Crippen LogP contribution in [0.5, 0.6) is 0 Å². The SMILES string of the molecule is CN1CCCN(c2nc(-c3ccncc3)cnc2N)CC1. The molecule has 2 aromatic heterocycles. The van der Waals surface area contributed by atoms with Gasteiger partial charge in [-0.05, 0) is 32.1 Å². The van der Waals surface area contributed by atoms with Gasteiger partial charge in [-0.3, -0.25) is 4.98 Å². The van der Waals surface area contributed by atoms with Crippen molar-refractivity contribution in [2.24, 2.45) is 0 Å². The van der Waals surface area contributed by atoms with Gasteiger partial charge in [-0.1, -0.05) is 0 Å². The summed E-state index contributed by atoms with van der Waals surface area (Å²) >= 11 is 0. The summed E-state index contributed by atoms with van der Waals surface area (Å²) in [6, 6.07) is 3.86. The van der Waals surface area contributed by atoms with Crippen LogP contribution in [0.3, 0.4) is 0 Å². The van der Waals surface area contributed by atoms with Crippen LogP contribution in [0.15, 0.2) is 30.7 Å². The lowest BCUT2D eigenvalue weighted by Crippen LogP contribution is -2.30. The average Bonchev–Trinajstić information content (AvgIpc) is 2.73. The second-order valence-electron chi connectivity index (χ2n) is 5.34. The molecule has 0 spiro atoms. The molecule has 3 rings (SSSR count). The molecule has 0 aromatic carbocycles. The van der Waals surface area contributed by atoms with Crippen molar-refractivity contribution in [2.75, 3.05) is 43.9 Å². The largest absolute Gasteiger partial charge is 0.381 e. The van der Waals surface area contributed by atoms with Crippen molar-refractivity contribution in [3.8, 4) is 11.3 Å². The van der Waals surface area contributed by atoms with Gasteiger partial charge < -0.3 is 15.5 Å². The van der Waals surface area contributed by atoms with Crippen LogP contribution >= 0.6 is 0 Å². The van der Waals surface area contributed by atoms with Gasteiger partial charge in [0.25, 0.3) is 0 Å². The predicted molar refractivity (Wildman–Crippen MR) is 84.0 cm³/mol. The highest BCUT2D eigenvalue weighted by Crippen LogP contribution is 2.24. The van der Waals surface area contributed by atoms with E-state index in [-0.39, 0.29) is 0 Å². The second kappa shape index (κ2) is 6.05. The Kier molecular flexibility index (Phi) is 3.96. The Bertz CT molecular complexity index is 600. The maximum atomic E-state index is 6.04. The highest BCUT2D eigenvalue weighted by atomic mass is 15.3. The third-order valence-corrected chi connectivity index (χ3v) is 3.78. The summed E-state index contributed by atoms with van der Waals surface area (Å²) in [6.07, 6.45) is 6.34. The van der Waals surface area contributed by atoms with E-state index in [4.69, 9.17) is 10.7 Å². The predicted octanol–water partition coefficient (Wildman–Crippen LogP) is 1.26. The van der Waals surface area contributed by atoms with E-state index in [1.807, 2.05) is 12.1 Å². The summed E-state index contributed by atoms with van der Waals surface area (Å²) in [5.41, 5.74) is 7.88. The first kappa shape index (κ1) is 13.8. The quantitative estimate of drug-likeness (QED) is 0.895. The molecule has 1 saturated heterocycles. The summed E-state index contributed by atoms with van der Waals surface area (Å²) in [4.78, 5) is 17.6. The standard InChI is InChI=1S/C15H20N6/c1-20-7-2-8-21(10-9-20)15-14(16)18-11-13(19-15)12-3-5-17-6-4-12/h3-6,11H,2,7-10H2,1H3,(H2,16,18). The molecule has 0 saturated carbocycles. The second-order valence-corrected chi connectivity index (χ2v) is 5.34. The summed E-state index contributed by atoms with van der Waals surface area (Å²) < 4.78 is 0. The fourth-order valence-corrected chi connectivity index (χ4v) is 2.54. The molecule has 2 N–H and O–H groups in total. The smallest absolute Gasteiger partial charge is 0.172 e. The van der Waals surface area contributed by atoms with Crippen molar-refractivity contribution < 1.29 is 0 Å². The molecule has 110 valence electrons. The first-order valence-corrected chi connectivity index (χ1v) is 7.20. The molecule has 2 aromatic rings. The molecule has 0 bridgehead atoms. The third kappa shape index (κ3) is 3.11. The fourth-order valence-electron chi connectivity index (χ4n) is 2.54. The van der Waals surface area contributed by atoms with Crippen LogP contribution in [-0.2, 0) is 0 Å². The molecular formula is C15H20N6. The summed E-state index contributed by atoms with van der Waals surface area (Å²) in [6.45, 7) is 4.01. The van der Waals surface area contributed by atoms with E-state index in [0.717, 1.165) is 49.7 Å². The van der Waals surface area contributed by atoms with E-state index in [1.54, 1.807) is 18.6 Å². The van der Waals surface area contributed by atoms with Gasteiger partial charge in [0.05, 0.1) is 11.9 Å². The van der Waals surface area contributed by atoms with Crippen LogP contribution in [0.2, 0.25) is 0 Å². The highest BCUT2D eigenvalue weighted by Gasteiger charge is 2.17. The number of anilines is 2. The van der Waals surface area contributed by atoms with Gasteiger partial charge in [-0.15, -0.1) is 0 Å². The molecule has 0 unspecified atom stereocenters. The summed E-state index contributed by atoms with van der Waals surface area (Å²) in [5, 5.41) is 0. The van der Waals surface area contributed by atoms with Crippen LogP contribution in [0.1, 0.15) is 6.42 Å². The van der Waals surface area contributed by atoms with E-state index in [2.05, 4.69) is 26.8 Å². The zero-order chi connectivity index (χ0) is 14.7. The Morgan fingerprint density at radius 3 is 2.71 bits per heavy atom. The molecule has 0 amide bonds. The molecule has 0 aliphatic carbocycles. The number of likely N-dealkylation sites (N-methyl/N-ethyl adjacent to an activating group) is 1. The zero-order valence-corrected chi connectivity index (χ0v) is 12.2. The van der Waals surface area contributed by atoms with Crippen molar-refractivity contribution in [3.63, 3.8) is 0 Å². The number of hydrogen-bond acceptors (Lipinski definition) is 6. The van der Waals surface area contributed by atoms with Crippen molar-refractivity contribution >= 4 is 11.6 Å². The number of hydrogen-bond donors (Lipinski definition) is 1. The average molecular weight is 284 g/mol. The van der Waals surface area contributed by atoms with Gasteiger partial charge in [0.1, 0.15) is 0 Å². The minimum Gasteiger partial charge on any atom is -0.381 e. The Labute approximate surface area is 124 Å². The Hall–Kier alpha value is -2.21. The lowest BCUT2D eigenvalue weighted by atomic mass is 10.2. The Morgan fingerprint density at radius 2 is 1.90 bits per heavy atom. The lowest BCUT2D eigenvalue weighted by Gasteiger charge is -2.23. The molecule has 0 radical (unpaired) electrons. The van der Waals surface area contributed by atoms with Crippen molar-refractivity contribution in [1.29, 1.82) is 0 Å². The molecule has 1 aliphatic rings. The monoisotopic (exact) mass is 284 g/mol. The Morgan fingerprint density at radius 1 is 1.10 bits per heavy atom. The summed E-state index contributed by atoms with van der Waals surface area (Å²) in [7, 11) is 2.14. The van der Waals surface area contributed by atoms with Crippen molar-refractivity contribution in [3.05, 3.63) is 30.7 Å². The number of aromatic nitrogens is 3. The molecule has 6 nitrogen and oxygen atoms in total. The maximum Gasteiger partial charge on any atom is 0.172 e. The molecule has 21 heavy (non-hydrogen) atoms. The topological polar surface area (TPSA) is 71.2 Å². The number of nitrogens with zero attached hydrogens (tertiary/aromatic N) is 5. The molecule has 1 fully saturated rings. The van der Waals surface area contributed by atoms with E-state index in [0.29, 0.717) is 5.82 Å². The Balaban J connectivity index is 1.91. The third-order valence-electron chi connectivity index (χ3n) is 3.78. The number of pyridine rings is 1. The van der Waals surface area contributed by atoms with Crippen LogP contribution in [-0.4, -0.2) is 53.1 Å². The van der Waals surface area contributed by atoms with Crippen LogP contribution in [0.25, 0.3) is 11.3 Å². The van der Waals surface area contributed by atoms with Gasteiger partial charge in [-0.2, -0.15) is 0 Å². The van der Waals surface area contributed by atoms with Crippen LogP contribution in [0, 0.1) is 0 Å². The first-order chi connectivity index (χ1) is 10.2. The van der Waals surface area contributed by atoms with Crippen LogP contribution in [0.4, 0.5) is 11.6 Å².